The van der Waals surface area contributed by atoms with Crippen molar-refractivity contribution in [3.63, 3.8) is 0 Å². The van der Waals surface area contributed by atoms with Gasteiger partial charge in [0.15, 0.2) is 0 Å². The van der Waals surface area contributed by atoms with Gasteiger partial charge in [-0.3, -0.25) is 4.79 Å². The maximum atomic E-state index is 12.6. The molecule has 2 aromatic rings. The Morgan fingerprint density at radius 2 is 1.91 bits per heavy atom. The molecule has 2 heterocycles. The van der Waals surface area contributed by atoms with E-state index in [0.29, 0.717) is 10.6 Å². The first-order valence-corrected chi connectivity index (χ1v) is 7.91. The highest BCUT2D eigenvalue weighted by molar-refractivity contribution is 7.15. The van der Waals surface area contributed by atoms with Crippen LogP contribution in [0.3, 0.4) is 0 Å². The summed E-state index contributed by atoms with van der Waals surface area (Å²) in [6.07, 6.45) is 3.82. The monoisotopic (exact) mass is 326 g/mol. The lowest BCUT2D eigenvalue weighted by atomic mass is 9.96. The molecule has 0 radical (unpaired) electrons. The van der Waals surface area contributed by atoms with Gasteiger partial charge in [-0.05, 0) is 31.2 Å². The molecule has 0 fully saturated rings. The van der Waals surface area contributed by atoms with E-state index in [1.54, 1.807) is 0 Å². The van der Waals surface area contributed by atoms with Gasteiger partial charge in [0.1, 0.15) is 28.5 Å². The van der Waals surface area contributed by atoms with Gasteiger partial charge in [0, 0.05) is 10.9 Å². The Balaban J connectivity index is 2.37. The lowest BCUT2D eigenvalue weighted by Crippen LogP contribution is -2.27. The Morgan fingerprint density at radius 3 is 2.57 bits per heavy atom. The first-order chi connectivity index (χ1) is 11.1. The second-order valence-corrected chi connectivity index (χ2v) is 6.34. The van der Waals surface area contributed by atoms with Crippen LogP contribution in [0.15, 0.2) is 10.9 Å². The van der Waals surface area contributed by atoms with Gasteiger partial charge in [0.25, 0.3) is 5.56 Å². The Kier molecular flexibility index (Phi) is 3.78. The standard InChI is InChI=1S/C15H14N6OS/c16-6-9-8-3-1-2-4-12(8)23-15(9)21-13(20-19)5-11(18)10(7-17)14(21)22/h5,20H,1-4,18-19H2. The second-order valence-electron chi connectivity index (χ2n) is 5.26. The van der Waals surface area contributed by atoms with Crippen LogP contribution in [0.5, 0.6) is 0 Å². The minimum Gasteiger partial charge on any atom is -0.397 e. The molecule has 7 nitrogen and oxygen atoms in total. The predicted octanol–water partition coefficient (Wildman–Crippen LogP) is 1.39. The first-order valence-electron chi connectivity index (χ1n) is 7.09. The molecule has 0 saturated heterocycles. The molecular weight excluding hydrogens is 312 g/mol. The summed E-state index contributed by atoms with van der Waals surface area (Å²) in [5.41, 5.74) is 8.98. The van der Waals surface area contributed by atoms with Crippen LogP contribution in [0, 0.1) is 22.7 Å². The third-order valence-electron chi connectivity index (χ3n) is 3.97. The molecule has 5 N–H and O–H groups in total. The number of aromatic nitrogens is 1. The molecule has 0 unspecified atom stereocenters. The minimum absolute atomic E-state index is 0.0570. The van der Waals surface area contributed by atoms with Crippen molar-refractivity contribution in [3.05, 3.63) is 38.0 Å². The SMILES string of the molecule is N#Cc1c(-n2c(NN)cc(N)c(C#N)c2=O)sc2c1CCCC2. The molecule has 8 heteroatoms. The van der Waals surface area contributed by atoms with Gasteiger partial charge in [0.2, 0.25) is 0 Å². The quantitative estimate of drug-likeness (QED) is 0.564. The molecule has 1 aliphatic rings. The summed E-state index contributed by atoms with van der Waals surface area (Å²) in [4.78, 5) is 13.8. The highest BCUT2D eigenvalue weighted by Gasteiger charge is 2.24. The normalized spacial score (nSPS) is 13.0. The fraction of sp³-hybridized carbons (Fsp3) is 0.267. The highest BCUT2D eigenvalue weighted by atomic mass is 32.1. The number of nitrogen functional groups attached to an aromatic ring is 2. The van der Waals surface area contributed by atoms with Crippen LogP contribution in [0.25, 0.3) is 5.00 Å². The van der Waals surface area contributed by atoms with Gasteiger partial charge < -0.3 is 11.2 Å². The Labute approximate surface area is 136 Å². The molecule has 1 aliphatic carbocycles. The zero-order valence-corrected chi connectivity index (χ0v) is 13.0. The minimum atomic E-state index is -0.574. The third-order valence-corrected chi connectivity index (χ3v) is 5.24. The van der Waals surface area contributed by atoms with E-state index in [1.807, 2.05) is 6.07 Å². The molecule has 116 valence electrons. The van der Waals surface area contributed by atoms with Gasteiger partial charge in [-0.15, -0.1) is 11.3 Å². The molecule has 0 spiro atoms. The second kappa shape index (κ2) is 5.76. The maximum Gasteiger partial charge on any atom is 0.277 e. The van der Waals surface area contributed by atoms with Gasteiger partial charge in [-0.1, -0.05) is 0 Å². The number of nitrogens with zero attached hydrogens (tertiary/aromatic N) is 3. The average molecular weight is 326 g/mol. The summed E-state index contributed by atoms with van der Waals surface area (Å²) < 4.78 is 1.27. The zero-order chi connectivity index (χ0) is 16.6. The molecule has 3 rings (SSSR count). The Hall–Kier alpha value is -2.81. The van der Waals surface area contributed by atoms with E-state index in [2.05, 4.69) is 11.5 Å². The van der Waals surface area contributed by atoms with E-state index < -0.39 is 5.56 Å². The number of pyridine rings is 1. The van der Waals surface area contributed by atoms with Crippen molar-refractivity contribution >= 4 is 22.8 Å². The summed E-state index contributed by atoms with van der Waals surface area (Å²) in [6, 6.07) is 5.45. The van der Waals surface area contributed by atoms with Crippen LogP contribution in [-0.2, 0) is 12.8 Å². The number of thiophene rings is 1. The van der Waals surface area contributed by atoms with Crippen molar-refractivity contribution in [2.75, 3.05) is 11.2 Å². The summed E-state index contributed by atoms with van der Waals surface area (Å²) in [5, 5.41) is 19.2. The fourth-order valence-corrected chi connectivity index (χ4v) is 4.22. The van der Waals surface area contributed by atoms with E-state index in [1.165, 1.54) is 22.0 Å². The van der Waals surface area contributed by atoms with Crippen LogP contribution in [0.2, 0.25) is 0 Å². The summed E-state index contributed by atoms with van der Waals surface area (Å²) in [6.45, 7) is 0. The lowest BCUT2D eigenvalue weighted by molar-refractivity contribution is 0.695. The van der Waals surface area contributed by atoms with Crippen molar-refractivity contribution in [2.24, 2.45) is 5.84 Å². The van der Waals surface area contributed by atoms with Crippen LogP contribution in [-0.4, -0.2) is 4.57 Å². The van der Waals surface area contributed by atoms with Crippen LogP contribution in [0.4, 0.5) is 11.5 Å². The molecule has 0 aliphatic heterocycles. The van der Waals surface area contributed by atoms with Crippen molar-refractivity contribution < 1.29 is 0 Å². The van der Waals surface area contributed by atoms with Crippen molar-refractivity contribution in [3.8, 4) is 17.1 Å². The molecule has 2 aromatic heterocycles. The van der Waals surface area contributed by atoms with Gasteiger partial charge in [-0.25, -0.2) is 10.4 Å². The van der Waals surface area contributed by atoms with Crippen molar-refractivity contribution in [1.29, 1.82) is 10.5 Å². The van der Waals surface area contributed by atoms with E-state index >= 15 is 0 Å². The van der Waals surface area contributed by atoms with Gasteiger partial charge >= 0.3 is 0 Å². The summed E-state index contributed by atoms with van der Waals surface area (Å²) >= 11 is 1.40. The summed E-state index contributed by atoms with van der Waals surface area (Å²) in [7, 11) is 0. The number of anilines is 2. The predicted molar refractivity (Wildman–Crippen MR) is 88.2 cm³/mol. The average Bonchev–Trinajstić information content (AvgIpc) is 2.92. The van der Waals surface area contributed by atoms with Gasteiger partial charge in [-0.2, -0.15) is 10.5 Å². The number of hydrogen-bond acceptors (Lipinski definition) is 7. The molecule has 0 atom stereocenters. The largest absolute Gasteiger partial charge is 0.397 e. The molecule has 23 heavy (non-hydrogen) atoms. The van der Waals surface area contributed by atoms with E-state index in [0.717, 1.165) is 36.1 Å². The van der Waals surface area contributed by atoms with E-state index in [4.69, 9.17) is 16.8 Å². The summed E-state index contributed by atoms with van der Waals surface area (Å²) in [5.74, 6) is 5.76. The molecule has 0 saturated carbocycles. The Bertz CT molecular complexity index is 927. The number of hydrogen-bond donors (Lipinski definition) is 3. The fourth-order valence-electron chi connectivity index (χ4n) is 2.87. The van der Waals surface area contributed by atoms with E-state index in [9.17, 15) is 10.1 Å². The smallest absolute Gasteiger partial charge is 0.277 e. The number of nitriles is 2. The van der Waals surface area contributed by atoms with Crippen LogP contribution >= 0.6 is 11.3 Å². The zero-order valence-electron chi connectivity index (χ0n) is 12.2. The molecule has 0 amide bonds. The molecular formula is C15H14N6OS. The number of fused-ring (bicyclic) bond motifs is 1. The number of hydrazine groups is 1. The van der Waals surface area contributed by atoms with Crippen molar-refractivity contribution in [1.82, 2.24) is 4.57 Å². The third kappa shape index (κ3) is 2.25. The van der Waals surface area contributed by atoms with Crippen LogP contribution < -0.4 is 22.6 Å². The topological polar surface area (TPSA) is 134 Å². The lowest BCUT2D eigenvalue weighted by Gasteiger charge is -2.13. The number of rotatable bonds is 2. The number of nitrogens with two attached hydrogens (primary N) is 2. The Morgan fingerprint density at radius 1 is 1.22 bits per heavy atom. The van der Waals surface area contributed by atoms with Crippen LogP contribution in [0.1, 0.15) is 34.4 Å². The highest BCUT2D eigenvalue weighted by Crippen LogP contribution is 2.37. The van der Waals surface area contributed by atoms with Crippen molar-refractivity contribution in [2.45, 2.75) is 25.7 Å². The molecule has 0 aromatic carbocycles. The van der Waals surface area contributed by atoms with E-state index in [-0.39, 0.29) is 17.1 Å². The first kappa shape index (κ1) is 15.1. The number of nitrogens with one attached hydrogen (secondary N) is 1. The van der Waals surface area contributed by atoms with Gasteiger partial charge in [0.05, 0.1) is 11.3 Å². The maximum absolute atomic E-state index is 12.6. The molecule has 0 bridgehead atoms. The number of aryl methyl sites for hydroxylation is 1.